The van der Waals surface area contributed by atoms with Crippen LogP contribution in [0.25, 0.3) is 0 Å². The third-order valence-corrected chi connectivity index (χ3v) is 2.95. The summed E-state index contributed by atoms with van der Waals surface area (Å²) in [4.78, 5) is 13.8. The molecule has 0 radical (unpaired) electrons. The highest BCUT2D eigenvalue weighted by Crippen LogP contribution is 2.27. The Kier molecular flexibility index (Phi) is 5.88. The normalized spacial score (nSPS) is 12.3. The Morgan fingerprint density at radius 1 is 1.33 bits per heavy atom. The minimum Gasteiger partial charge on any atom is -0.465 e. The van der Waals surface area contributed by atoms with Crippen molar-refractivity contribution in [2.45, 2.75) is 34.1 Å². The molecule has 0 aliphatic rings. The maximum absolute atomic E-state index is 11.7. The molecule has 0 heterocycles. The molecule has 0 saturated carbocycles. The van der Waals surface area contributed by atoms with E-state index in [0.717, 1.165) is 13.0 Å². The van der Waals surface area contributed by atoms with Gasteiger partial charge >= 0.3 is 5.97 Å². The van der Waals surface area contributed by atoms with Crippen molar-refractivity contribution in [3.63, 3.8) is 0 Å². The predicted octanol–water partition coefficient (Wildman–Crippen LogP) is 2.16. The molecule has 0 rings (SSSR count). The maximum Gasteiger partial charge on any atom is 0.311 e. The lowest BCUT2D eigenvalue weighted by atomic mass is 9.81. The van der Waals surface area contributed by atoms with Crippen LogP contribution in [-0.4, -0.2) is 38.1 Å². The van der Waals surface area contributed by atoms with Crippen LogP contribution in [0.3, 0.4) is 0 Å². The van der Waals surface area contributed by atoms with Gasteiger partial charge in [0.25, 0.3) is 0 Å². The van der Waals surface area contributed by atoms with Gasteiger partial charge < -0.3 is 9.64 Å². The Hall–Kier alpha value is -0.570. The number of ether oxygens (including phenoxy) is 1. The van der Waals surface area contributed by atoms with Crippen LogP contribution < -0.4 is 0 Å². The van der Waals surface area contributed by atoms with Crippen molar-refractivity contribution < 1.29 is 9.53 Å². The van der Waals surface area contributed by atoms with Crippen molar-refractivity contribution >= 4 is 5.97 Å². The molecule has 0 aromatic carbocycles. The standard InChI is InChI=1S/C12H25NO2/c1-10(2)12(3,4)11(14)15-9-7-8-13(5)6/h10H,7-9H2,1-6H3. The number of hydrogen-bond donors (Lipinski definition) is 0. The smallest absolute Gasteiger partial charge is 0.311 e. The van der Waals surface area contributed by atoms with E-state index in [0.29, 0.717) is 12.5 Å². The van der Waals surface area contributed by atoms with Crippen molar-refractivity contribution in [2.24, 2.45) is 11.3 Å². The van der Waals surface area contributed by atoms with E-state index in [1.165, 1.54) is 0 Å². The van der Waals surface area contributed by atoms with E-state index in [1.54, 1.807) is 0 Å². The SMILES string of the molecule is CC(C)C(C)(C)C(=O)OCCCN(C)C. The van der Waals surface area contributed by atoms with Crippen LogP contribution >= 0.6 is 0 Å². The highest BCUT2D eigenvalue weighted by Gasteiger charge is 2.32. The van der Waals surface area contributed by atoms with Gasteiger partial charge in [-0.25, -0.2) is 0 Å². The number of nitrogens with zero attached hydrogens (tertiary/aromatic N) is 1. The molecule has 0 aromatic heterocycles. The molecule has 0 spiro atoms. The molecule has 3 heteroatoms. The first-order valence-electron chi connectivity index (χ1n) is 5.60. The first-order chi connectivity index (χ1) is 6.78. The lowest BCUT2D eigenvalue weighted by Gasteiger charge is -2.26. The molecule has 90 valence electrons. The maximum atomic E-state index is 11.7. The molecule has 0 aliphatic heterocycles. The Labute approximate surface area is 93.8 Å². The van der Waals surface area contributed by atoms with Crippen LogP contribution in [0.15, 0.2) is 0 Å². The Bertz CT molecular complexity index is 198. The highest BCUT2D eigenvalue weighted by molar-refractivity contribution is 5.76. The van der Waals surface area contributed by atoms with E-state index in [9.17, 15) is 4.79 Å². The lowest BCUT2D eigenvalue weighted by Crippen LogP contribution is -2.32. The first-order valence-corrected chi connectivity index (χ1v) is 5.60. The monoisotopic (exact) mass is 215 g/mol. The van der Waals surface area contributed by atoms with Crippen molar-refractivity contribution in [3.05, 3.63) is 0 Å². The van der Waals surface area contributed by atoms with Gasteiger partial charge in [-0.05, 0) is 40.3 Å². The number of hydrogen-bond acceptors (Lipinski definition) is 3. The van der Waals surface area contributed by atoms with E-state index in [4.69, 9.17) is 4.74 Å². The van der Waals surface area contributed by atoms with Crippen molar-refractivity contribution in [2.75, 3.05) is 27.2 Å². The van der Waals surface area contributed by atoms with E-state index >= 15 is 0 Å². The summed E-state index contributed by atoms with van der Waals surface area (Å²) in [6.07, 6.45) is 0.896. The molecule has 0 saturated heterocycles. The molecule has 3 nitrogen and oxygen atoms in total. The van der Waals surface area contributed by atoms with Gasteiger partial charge in [0, 0.05) is 6.54 Å². The summed E-state index contributed by atoms with van der Waals surface area (Å²) in [5.41, 5.74) is -0.377. The van der Waals surface area contributed by atoms with E-state index in [1.807, 2.05) is 41.8 Å². The fourth-order valence-electron chi connectivity index (χ4n) is 0.967. The number of carbonyl (C=O) groups excluding carboxylic acids is 1. The van der Waals surface area contributed by atoms with Gasteiger partial charge in [-0.1, -0.05) is 13.8 Å². The Morgan fingerprint density at radius 3 is 2.27 bits per heavy atom. The van der Waals surface area contributed by atoms with Crippen molar-refractivity contribution in [3.8, 4) is 0 Å². The average molecular weight is 215 g/mol. The zero-order chi connectivity index (χ0) is 12.1. The Morgan fingerprint density at radius 2 is 1.87 bits per heavy atom. The van der Waals surface area contributed by atoms with Crippen LogP contribution in [0.2, 0.25) is 0 Å². The van der Waals surface area contributed by atoms with Crippen LogP contribution in [0, 0.1) is 11.3 Å². The van der Waals surface area contributed by atoms with Crippen LogP contribution in [0.1, 0.15) is 34.1 Å². The molecule has 0 amide bonds. The van der Waals surface area contributed by atoms with E-state index in [-0.39, 0.29) is 11.4 Å². The van der Waals surface area contributed by atoms with Gasteiger partial charge in [0.05, 0.1) is 12.0 Å². The second kappa shape index (κ2) is 6.11. The minimum absolute atomic E-state index is 0.0868. The molecule has 0 aliphatic carbocycles. The largest absolute Gasteiger partial charge is 0.465 e. The van der Waals surface area contributed by atoms with E-state index in [2.05, 4.69) is 4.90 Å². The molecule has 0 unspecified atom stereocenters. The van der Waals surface area contributed by atoms with Gasteiger partial charge in [0.15, 0.2) is 0 Å². The first kappa shape index (κ1) is 14.4. The zero-order valence-electron chi connectivity index (χ0n) is 11.0. The topological polar surface area (TPSA) is 29.5 Å². The minimum atomic E-state index is -0.377. The summed E-state index contributed by atoms with van der Waals surface area (Å²) in [7, 11) is 4.03. The van der Waals surface area contributed by atoms with Crippen LogP contribution in [0.5, 0.6) is 0 Å². The quantitative estimate of drug-likeness (QED) is 0.502. The predicted molar refractivity (Wildman–Crippen MR) is 62.7 cm³/mol. The second-order valence-corrected chi connectivity index (χ2v) is 5.17. The van der Waals surface area contributed by atoms with E-state index < -0.39 is 0 Å². The third-order valence-electron chi connectivity index (χ3n) is 2.95. The molecular formula is C12H25NO2. The van der Waals surface area contributed by atoms with Gasteiger partial charge in [-0.3, -0.25) is 4.79 Å². The Balaban J connectivity index is 3.84. The van der Waals surface area contributed by atoms with Gasteiger partial charge in [-0.15, -0.1) is 0 Å². The van der Waals surface area contributed by atoms with Gasteiger partial charge in [-0.2, -0.15) is 0 Å². The summed E-state index contributed by atoms with van der Waals surface area (Å²) < 4.78 is 5.25. The average Bonchev–Trinajstić information content (AvgIpc) is 2.11. The molecule has 0 fully saturated rings. The molecule has 15 heavy (non-hydrogen) atoms. The number of rotatable bonds is 6. The number of carbonyl (C=O) groups is 1. The fourth-order valence-corrected chi connectivity index (χ4v) is 0.967. The lowest BCUT2D eigenvalue weighted by molar-refractivity contribution is -0.156. The second-order valence-electron chi connectivity index (χ2n) is 5.17. The summed E-state index contributed by atoms with van der Waals surface area (Å²) in [6, 6.07) is 0. The van der Waals surface area contributed by atoms with Crippen molar-refractivity contribution in [1.29, 1.82) is 0 Å². The molecule has 0 bridgehead atoms. The van der Waals surface area contributed by atoms with Gasteiger partial charge in [0.2, 0.25) is 0 Å². The number of esters is 1. The van der Waals surface area contributed by atoms with Gasteiger partial charge in [0.1, 0.15) is 0 Å². The molecule has 0 atom stereocenters. The summed E-state index contributed by atoms with van der Waals surface area (Å²) >= 11 is 0. The summed E-state index contributed by atoms with van der Waals surface area (Å²) in [6.45, 7) is 9.43. The molecule has 0 N–H and O–H groups in total. The highest BCUT2D eigenvalue weighted by atomic mass is 16.5. The van der Waals surface area contributed by atoms with Crippen LogP contribution in [-0.2, 0) is 9.53 Å². The van der Waals surface area contributed by atoms with Crippen molar-refractivity contribution in [1.82, 2.24) is 4.90 Å². The molecule has 0 aromatic rings. The molecular weight excluding hydrogens is 190 g/mol. The fraction of sp³-hybridized carbons (Fsp3) is 0.917. The summed E-state index contributed by atoms with van der Waals surface area (Å²) in [5.74, 6) is 0.218. The summed E-state index contributed by atoms with van der Waals surface area (Å²) in [5, 5.41) is 0. The third kappa shape index (κ3) is 5.17. The van der Waals surface area contributed by atoms with Crippen LogP contribution in [0.4, 0.5) is 0 Å². The zero-order valence-corrected chi connectivity index (χ0v) is 11.0.